The van der Waals surface area contributed by atoms with Crippen LogP contribution in [0.1, 0.15) is 38.4 Å². The zero-order chi connectivity index (χ0) is 18.7. The number of aryl methyl sites for hydroxylation is 2. The lowest BCUT2D eigenvalue weighted by molar-refractivity contribution is 0.384. The third-order valence-electron chi connectivity index (χ3n) is 3.92. The van der Waals surface area contributed by atoms with Crippen molar-refractivity contribution in [2.75, 3.05) is 0 Å². The molecular weight excluding hydrogens is 374 g/mol. The molecule has 2 heterocycles. The maximum atomic E-state index is 11.5. The monoisotopic (exact) mass is 395 g/mol. The van der Waals surface area contributed by atoms with Crippen LogP contribution in [-0.4, -0.2) is 28.1 Å². The zero-order valence-electron chi connectivity index (χ0n) is 14.7. The molecule has 0 amide bonds. The summed E-state index contributed by atoms with van der Waals surface area (Å²) < 4.78 is 30.4. The summed E-state index contributed by atoms with van der Waals surface area (Å²) >= 11 is 1.48. The highest BCUT2D eigenvalue weighted by Crippen LogP contribution is 2.27. The van der Waals surface area contributed by atoms with Crippen LogP contribution in [0.5, 0.6) is 0 Å². The van der Waals surface area contributed by atoms with Crippen LogP contribution < -0.4 is 5.14 Å². The van der Waals surface area contributed by atoms with Crippen molar-refractivity contribution in [3.05, 3.63) is 29.9 Å². The molecule has 1 aromatic carbocycles. The Morgan fingerprint density at radius 1 is 1.27 bits per heavy atom. The fourth-order valence-corrected chi connectivity index (χ4v) is 4.04. The van der Waals surface area contributed by atoms with E-state index in [1.807, 2.05) is 11.5 Å². The van der Waals surface area contributed by atoms with Crippen LogP contribution in [0.3, 0.4) is 0 Å². The Labute approximate surface area is 156 Å². The standard InChI is InChI=1S/C16H21N5O3S2/c1-3-5-6-14-19-15(24-20-14)10-25-16-18-12-9-11(26(17,22)23)7-8-13(12)21(16)4-2/h7-9H,3-6,10H2,1-2H3,(H2,17,22,23). The molecule has 8 nitrogen and oxygen atoms in total. The van der Waals surface area contributed by atoms with E-state index >= 15 is 0 Å². The van der Waals surface area contributed by atoms with Gasteiger partial charge in [0.15, 0.2) is 11.0 Å². The lowest BCUT2D eigenvalue weighted by Crippen LogP contribution is -2.11. The lowest BCUT2D eigenvalue weighted by atomic mass is 10.2. The largest absolute Gasteiger partial charge is 0.338 e. The van der Waals surface area contributed by atoms with Crippen LogP contribution in [0.15, 0.2) is 32.8 Å². The first-order valence-electron chi connectivity index (χ1n) is 8.39. The van der Waals surface area contributed by atoms with Gasteiger partial charge in [-0.1, -0.05) is 30.3 Å². The van der Waals surface area contributed by atoms with Gasteiger partial charge in [0.25, 0.3) is 0 Å². The van der Waals surface area contributed by atoms with Gasteiger partial charge in [-0.05, 0) is 31.5 Å². The Balaban J connectivity index is 1.82. The highest BCUT2D eigenvalue weighted by molar-refractivity contribution is 7.98. The minimum absolute atomic E-state index is 0.0553. The minimum Gasteiger partial charge on any atom is -0.338 e. The molecule has 3 rings (SSSR count). The van der Waals surface area contributed by atoms with E-state index in [0.717, 1.165) is 35.8 Å². The normalized spacial score (nSPS) is 12.1. The number of primary sulfonamides is 1. The number of aromatic nitrogens is 4. The molecule has 0 spiro atoms. The Bertz CT molecular complexity index is 1010. The molecule has 0 fully saturated rings. The molecule has 10 heteroatoms. The van der Waals surface area contributed by atoms with Gasteiger partial charge < -0.3 is 9.09 Å². The van der Waals surface area contributed by atoms with Gasteiger partial charge >= 0.3 is 0 Å². The quantitative estimate of drug-likeness (QED) is 0.583. The number of rotatable bonds is 8. The van der Waals surface area contributed by atoms with Gasteiger partial charge in [-0.15, -0.1) is 0 Å². The highest BCUT2D eigenvalue weighted by Gasteiger charge is 2.15. The Morgan fingerprint density at radius 2 is 2.08 bits per heavy atom. The van der Waals surface area contributed by atoms with Crippen LogP contribution in [0.2, 0.25) is 0 Å². The first-order valence-corrected chi connectivity index (χ1v) is 10.9. The van der Waals surface area contributed by atoms with Gasteiger partial charge in [0.2, 0.25) is 15.9 Å². The number of hydrogen-bond acceptors (Lipinski definition) is 7. The van der Waals surface area contributed by atoms with E-state index in [1.54, 1.807) is 6.07 Å². The lowest BCUT2D eigenvalue weighted by Gasteiger charge is -2.04. The number of unbranched alkanes of at least 4 members (excludes halogenated alkanes) is 1. The first kappa shape index (κ1) is 18.9. The topological polar surface area (TPSA) is 117 Å². The zero-order valence-corrected chi connectivity index (χ0v) is 16.3. The maximum absolute atomic E-state index is 11.5. The van der Waals surface area contributed by atoms with E-state index in [1.165, 1.54) is 23.9 Å². The van der Waals surface area contributed by atoms with E-state index < -0.39 is 10.0 Å². The van der Waals surface area contributed by atoms with Gasteiger partial charge in [-0.2, -0.15) is 4.98 Å². The average molecular weight is 396 g/mol. The van der Waals surface area contributed by atoms with Crippen molar-refractivity contribution in [2.24, 2.45) is 5.14 Å². The predicted octanol–water partition coefficient (Wildman–Crippen LogP) is 2.72. The van der Waals surface area contributed by atoms with Crippen molar-refractivity contribution < 1.29 is 12.9 Å². The molecule has 0 saturated carbocycles. The van der Waals surface area contributed by atoms with Crippen molar-refractivity contribution in [1.29, 1.82) is 0 Å². The van der Waals surface area contributed by atoms with E-state index in [2.05, 4.69) is 22.0 Å². The molecule has 0 atom stereocenters. The second-order valence-electron chi connectivity index (χ2n) is 5.83. The highest BCUT2D eigenvalue weighted by atomic mass is 32.2. The van der Waals surface area contributed by atoms with Crippen LogP contribution in [0, 0.1) is 0 Å². The number of nitrogens with zero attached hydrogens (tertiary/aromatic N) is 4. The summed E-state index contributed by atoms with van der Waals surface area (Å²) in [4.78, 5) is 8.99. The van der Waals surface area contributed by atoms with Crippen LogP contribution in [0.4, 0.5) is 0 Å². The summed E-state index contributed by atoms with van der Waals surface area (Å²) in [6.45, 7) is 4.83. The number of fused-ring (bicyclic) bond motifs is 1. The summed E-state index contributed by atoms with van der Waals surface area (Å²) in [5.41, 5.74) is 1.45. The second-order valence-corrected chi connectivity index (χ2v) is 8.33. The number of thioether (sulfide) groups is 1. The fraction of sp³-hybridized carbons (Fsp3) is 0.438. The van der Waals surface area contributed by atoms with Gasteiger partial charge in [-0.3, -0.25) is 0 Å². The molecule has 0 aliphatic heterocycles. The number of imidazole rings is 1. The fourth-order valence-electron chi connectivity index (χ4n) is 2.59. The molecule has 2 aromatic heterocycles. The second kappa shape index (κ2) is 7.77. The SMILES string of the molecule is CCCCc1noc(CSc2nc3cc(S(N)(=O)=O)ccc3n2CC)n1. The molecule has 26 heavy (non-hydrogen) atoms. The van der Waals surface area contributed by atoms with Gasteiger partial charge in [0.1, 0.15) is 0 Å². The van der Waals surface area contributed by atoms with Crippen molar-refractivity contribution in [3.63, 3.8) is 0 Å². The number of nitrogens with two attached hydrogens (primary N) is 1. The summed E-state index contributed by atoms with van der Waals surface area (Å²) in [6.07, 6.45) is 2.93. The summed E-state index contributed by atoms with van der Waals surface area (Å²) in [7, 11) is -3.75. The van der Waals surface area contributed by atoms with Crippen molar-refractivity contribution in [3.8, 4) is 0 Å². The van der Waals surface area contributed by atoms with Crippen LogP contribution in [0.25, 0.3) is 11.0 Å². The third kappa shape index (κ3) is 4.08. The van der Waals surface area contributed by atoms with E-state index in [9.17, 15) is 8.42 Å². The smallest absolute Gasteiger partial charge is 0.238 e. The van der Waals surface area contributed by atoms with E-state index in [-0.39, 0.29) is 4.90 Å². The molecule has 2 N–H and O–H groups in total. The van der Waals surface area contributed by atoms with Crippen LogP contribution in [-0.2, 0) is 28.7 Å². The maximum Gasteiger partial charge on any atom is 0.238 e. The molecule has 0 radical (unpaired) electrons. The first-order chi connectivity index (χ1) is 12.4. The summed E-state index contributed by atoms with van der Waals surface area (Å²) in [5, 5.41) is 9.95. The molecule has 0 aliphatic carbocycles. The van der Waals surface area contributed by atoms with Crippen LogP contribution >= 0.6 is 11.8 Å². The molecule has 3 aromatic rings. The summed E-state index contributed by atoms with van der Waals surface area (Å²) in [5.74, 6) is 1.79. The van der Waals surface area contributed by atoms with Gasteiger partial charge in [0, 0.05) is 13.0 Å². The van der Waals surface area contributed by atoms with Crippen molar-refractivity contribution >= 4 is 32.8 Å². The van der Waals surface area contributed by atoms with Gasteiger partial charge in [-0.25, -0.2) is 18.5 Å². The Kier molecular flexibility index (Phi) is 5.64. The third-order valence-corrected chi connectivity index (χ3v) is 5.79. The number of sulfonamides is 1. The molecule has 140 valence electrons. The Morgan fingerprint density at radius 3 is 2.77 bits per heavy atom. The van der Waals surface area contributed by atoms with Gasteiger partial charge in [0.05, 0.1) is 21.7 Å². The predicted molar refractivity (Wildman–Crippen MR) is 99.3 cm³/mol. The molecule has 0 bridgehead atoms. The minimum atomic E-state index is -3.75. The van der Waals surface area contributed by atoms with E-state index in [4.69, 9.17) is 9.66 Å². The molecule has 0 aliphatic rings. The average Bonchev–Trinajstić information content (AvgIpc) is 3.20. The molecular formula is C16H21N5O3S2. The summed E-state index contributed by atoms with van der Waals surface area (Å²) in [6, 6.07) is 4.72. The van der Waals surface area contributed by atoms with Crippen molar-refractivity contribution in [1.82, 2.24) is 19.7 Å². The van der Waals surface area contributed by atoms with E-state index in [0.29, 0.717) is 23.7 Å². The molecule has 0 unspecified atom stereocenters. The number of benzene rings is 1. The number of hydrogen-bond donors (Lipinski definition) is 1. The molecule has 0 saturated heterocycles. The van der Waals surface area contributed by atoms with Crippen molar-refractivity contribution in [2.45, 2.75) is 55.5 Å². The Hall–Kier alpha value is -1.91.